The molecule has 2 saturated carbocycles. The van der Waals surface area contributed by atoms with Crippen LogP contribution in [0.4, 0.5) is 5.69 Å². The van der Waals surface area contributed by atoms with Crippen molar-refractivity contribution in [3.8, 4) is 0 Å². The summed E-state index contributed by atoms with van der Waals surface area (Å²) in [6.45, 7) is 2.49. The van der Waals surface area contributed by atoms with Crippen LogP contribution in [0.3, 0.4) is 0 Å². The van der Waals surface area contributed by atoms with Gasteiger partial charge in [-0.25, -0.2) is 4.31 Å². The number of rotatable bonds is 3. The van der Waals surface area contributed by atoms with Gasteiger partial charge in [-0.05, 0) is 85.4 Å². The first-order valence-corrected chi connectivity index (χ1v) is 14.8. The van der Waals surface area contributed by atoms with Crippen LogP contribution in [-0.2, 0) is 10.2 Å². The van der Waals surface area contributed by atoms with Crippen LogP contribution in [0.1, 0.15) is 42.3 Å². The summed E-state index contributed by atoms with van der Waals surface area (Å²) in [5, 5.41) is 16.9. The lowest BCUT2D eigenvalue weighted by Crippen LogP contribution is -2.55. The van der Waals surface area contributed by atoms with Gasteiger partial charge in [0.15, 0.2) is 0 Å². The first kappa shape index (κ1) is 22.1. The minimum absolute atomic E-state index is 0.235. The minimum atomic E-state index is -3.78. The molecule has 0 radical (unpaired) electrons. The van der Waals surface area contributed by atoms with Crippen LogP contribution in [-0.4, -0.2) is 71.2 Å². The minimum Gasteiger partial charge on any atom is -0.304 e. The molecule has 2 aromatic heterocycles. The van der Waals surface area contributed by atoms with Gasteiger partial charge in [0.05, 0.1) is 35.2 Å². The molecule has 2 bridgehead atoms. The van der Waals surface area contributed by atoms with Crippen molar-refractivity contribution in [1.29, 1.82) is 0 Å². The van der Waals surface area contributed by atoms with Gasteiger partial charge in [0.25, 0.3) is 0 Å². The fourth-order valence-corrected chi connectivity index (χ4v) is 9.84. The normalized spacial score (nSPS) is 30.3. The lowest BCUT2D eigenvalue weighted by molar-refractivity contribution is 0.213. The number of piperazine rings is 1. The number of likely N-dealkylation sites (N-methyl/N-ethyl adjacent to an activating group) is 1. The Kier molecular flexibility index (Phi) is 4.64. The van der Waals surface area contributed by atoms with E-state index < -0.39 is 10.2 Å². The average Bonchev–Trinajstić information content (AvgIpc) is 3.71. The summed E-state index contributed by atoms with van der Waals surface area (Å²) in [4.78, 5) is 2.20. The van der Waals surface area contributed by atoms with Crippen molar-refractivity contribution in [1.82, 2.24) is 29.6 Å². The molecular weight excluding hydrogens is 486 g/mol. The Bertz CT molecular complexity index is 1620. The van der Waals surface area contributed by atoms with Gasteiger partial charge in [0.1, 0.15) is 0 Å². The summed E-state index contributed by atoms with van der Waals surface area (Å²) in [5.41, 5.74) is 5.03. The molecule has 3 unspecified atom stereocenters. The smallest absolute Gasteiger partial charge is 0.304 e. The molecule has 8 rings (SSSR count). The Balaban J connectivity index is 1.39. The number of nitrogens with zero attached hydrogens (tertiary/aromatic N) is 5. The zero-order chi connectivity index (χ0) is 24.9. The summed E-state index contributed by atoms with van der Waals surface area (Å²) in [5.74, 6) is 1.67. The molecule has 37 heavy (non-hydrogen) atoms. The number of H-pyrrole nitrogens is 2. The molecule has 0 amide bonds. The summed E-state index contributed by atoms with van der Waals surface area (Å²) >= 11 is 0. The van der Waals surface area contributed by atoms with Crippen LogP contribution in [0, 0.1) is 17.8 Å². The number of fused-ring (bicyclic) bond motifs is 10. The number of nitrogens with one attached hydrogen (secondary N) is 2. The van der Waals surface area contributed by atoms with Crippen molar-refractivity contribution >= 4 is 37.7 Å². The molecule has 3 fully saturated rings. The van der Waals surface area contributed by atoms with Gasteiger partial charge in [0.2, 0.25) is 0 Å². The van der Waals surface area contributed by atoms with Crippen molar-refractivity contribution in [2.24, 2.45) is 17.8 Å². The van der Waals surface area contributed by atoms with Gasteiger partial charge in [-0.15, -0.1) is 0 Å². The Labute approximate surface area is 216 Å². The summed E-state index contributed by atoms with van der Waals surface area (Å²) in [6, 6.07) is 10.1. The third-order valence-corrected chi connectivity index (χ3v) is 11.6. The highest BCUT2D eigenvalue weighted by Crippen LogP contribution is 2.66. The quantitative estimate of drug-likeness (QED) is 0.432. The second-order valence-electron chi connectivity index (χ2n) is 11.4. The topological polar surface area (TPSA) is 101 Å². The molecule has 2 aliphatic heterocycles. The zero-order valence-electron chi connectivity index (χ0n) is 20.8. The van der Waals surface area contributed by atoms with Crippen LogP contribution >= 0.6 is 0 Å². The highest BCUT2D eigenvalue weighted by Gasteiger charge is 2.58. The molecule has 2 aromatic carbocycles. The van der Waals surface area contributed by atoms with Crippen molar-refractivity contribution in [3.63, 3.8) is 0 Å². The van der Waals surface area contributed by atoms with Gasteiger partial charge >= 0.3 is 10.2 Å². The van der Waals surface area contributed by atoms with E-state index >= 15 is 0 Å². The largest absolute Gasteiger partial charge is 0.304 e. The Hall–Kier alpha value is -2.95. The van der Waals surface area contributed by atoms with E-state index in [0.29, 0.717) is 30.8 Å². The molecule has 0 spiro atoms. The first-order chi connectivity index (χ1) is 18.0. The molecule has 2 aliphatic carbocycles. The van der Waals surface area contributed by atoms with E-state index in [1.54, 1.807) is 4.31 Å². The molecule has 192 valence electrons. The SMILES string of the molecule is CN1CCN(S(=O)(=O)N2c3ccc4[nH]ncc4c3[C@H]3C4CCC(C4)[C@H]3C2c2ccc3[nH]ncc3c2)CC1. The van der Waals surface area contributed by atoms with Crippen molar-refractivity contribution in [2.75, 3.05) is 37.5 Å². The van der Waals surface area contributed by atoms with Gasteiger partial charge in [-0.2, -0.15) is 22.9 Å². The molecular formula is C27H31N7O2S. The molecule has 4 aromatic rings. The van der Waals surface area contributed by atoms with Gasteiger partial charge < -0.3 is 4.90 Å². The molecule has 5 atom stereocenters. The maximum atomic E-state index is 14.7. The fourth-order valence-electron chi connectivity index (χ4n) is 8.01. The van der Waals surface area contributed by atoms with Gasteiger partial charge in [-0.3, -0.25) is 10.2 Å². The molecule has 4 heterocycles. The number of anilines is 1. The van der Waals surface area contributed by atoms with E-state index in [4.69, 9.17) is 0 Å². The number of aromatic nitrogens is 4. The second-order valence-corrected chi connectivity index (χ2v) is 13.2. The third kappa shape index (κ3) is 3.06. The van der Waals surface area contributed by atoms with Gasteiger partial charge in [-0.1, -0.05) is 6.07 Å². The lowest BCUT2D eigenvalue weighted by atomic mass is 9.67. The zero-order valence-corrected chi connectivity index (χ0v) is 21.7. The highest BCUT2D eigenvalue weighted by atomic mass is 32.2. The van der Waals surface area contributed by atoms with Crippen LogP contribution in [0.2, 0.25) is 0 Å². The first-order valence-electron chi connectivity index (χ1n) is 13.4. The number of aromatic amines is 2. The lowest BCUT2D eigenvalue weighted by Gasteiger charge is -2.50. The molecule has 2 N–H and O–H groups in total. The Morgan fingerprint density at radius 3 is 2.54 bits per heavy atom. The summed E-state index contributed by atoms with van der Waals surface area (Å²) in [7, 11) is -1.73. The van der Waals surface area contributed by atoms with E-state index in [2.05, 4.69) is 50.5 Å². The summed E-state index contributed by atoms with van der Waals surface area (Å²) < 4.78 is 32.8. The standard InChI is InChI=1S/C27H31N7O2S/c1-32-8-10-33(11-9-32)37(35,36)34-23-7-6-22-20(15-29-31-22)26(23)24-16-2-3-17(12-16)25(24)27(34)18-4-5-21-19(13-18)14-28-30-21/h4-7,13-17,24-25,27H,2-3,8-12H2,1H3,(H,28,30)(H,29,31)/t16?,17?,24-,25+,27?/m0/s1. The average molecular weight is 518 g/mol. The van der Waals surface area contributed by atoms with Crippen molar-refractivity contribution < 1.29 is 8.42 Å². The van der Waals surface area contributed by atoms with Gasteiger partial charge in [0, 0.05) is 37.0 Å². The maximum Gasteiger partial charge on any atom is 0.304 e. The van der Waals surface area contributed by atoms with E-state index in [1.807, 2.05) is 28.8 Å². The van der Waals surface area contributed by atoms with Crippen LogP contribution in [0.5, 0.6) is 0 Å². The Morgan fingerprint density at radius 1 is 0.919 bits per heavy atom. The molecule has 4 aliphatic rings. The predicted molar refractivity (Wildman–Crippen MR) is 142 cm³/mol. The van der Waals surface area contributed by atoms with Crippen LogP contribution in [0.15, 0.2) is 42.7 Å². The second kappa shape index (κ2) is 7.78. The predicted octanol–water partition coefficient (Wildman–Crippen LogP) is 3.62. The van der Waals surface area contributed by atoms with E-state index in [1.165, 1.54) is 24.8 Å². The van der Waals surface area contributed by atoms with E-state index in [-0.39, 0.29) is 12.0 Å². The third-order valence-electron chi connectivity index (χ3n) is 9.65. The molecule has 10 heteroatoms. The fraction of sp³-hybridized carbons (Fsp3) is 0.481. The van der Waals surface area contributed by atoms with Crippen molar-refractivity contribution in [2.45, 2.75) is 31.2 Å². The Morgan fingerprint density at radius 2 is 1.68 bits per heavy atom. The van der Waals surface area contributed by atoms with Crippen LogP contribution < -0.4 is 4.31 Å². The van der Waals surface area contributed by atoms with E-state index in [9.17, 15) is 8.42 Å². The monoisotopic (exact) mass is 517 g/mol. The molecule has 1 saturated heterocycles. The van der Waals surface area contributed by atoms with Crippen molar-refractivity contribution in [3.05, 3.63) is 53.9 Å². The number of hydrogen-bond donors (Lipinski definition) is 2. The van der Waals surface area contributed by atoms with Crippen LogP contribution in [0.25, 0.3) is 21.8 Å². The summed E-state index contributed by atoms with van der Waals surface area (Å²) in [6.07, 6.45) is 7.31. The van der Waals surface area contributed by atoms with E-state index in [0.717, 1.165) is 46.1 Å². The molecule has 9 nitrogen and oxygen atoms in total. The number of hydrogen-bond acceptors (Lipinski definition) is 5. The maximum absolute atomic E-state index is 14.7. The highest BCUT2D eigenvalue weighted by molar-refractivity contribution is 7.90. The number of benzene rings is 2.